The van der Waals surface area contributed by atoms with Crippen molar-refractivity contribution in [1.29, 1.82) is 0 Å². The quantitative estimate of drug-likeness (QED) is 0.399. The molecule has 0 saturated carbocycles. The summed E-state index contributed by atoms with van der Waals surface area (Å²) in [6, 6.07) is 0. The number of rotatable bonds is 2. The SMILES string of the molecule is C#C[Si](C#C)(OC)OC. The lowest BCUT2D eigenvalue weighted by Crippen LogP contribution is -2.37. The summed E-state index contributed by atoms with van der Waals surface area (Å²) in [5.41, 5.74) is 4.65. The van der Waals surface area contributed by atoms with Crippen LogP contribution in [-0.4, -0.2) is 22.8 Å². The number of hydrogen-bond acceptors (Lipinski definition) is 2. The Morgan fingerprint density at radius 3 is 1.44 bits per heavy atom. The Kier molecular flexibility index (Phi) is 3.04. The molecule has 0 aliphatic carbocycles. The van der Waals surface area contributed by atoms with E-state index in [4.69, 9.17) is 21.7 Å². The van der Waals surface area contributed by atoms with Gasteiger partial charge in [-0.05, 0) is 0 Å². The van der Waals surface area contributed by atoms with Crippen LogP contribution in [0.3, 0.4) is 0 Å². The Morgan fingerprint density at radius 1 is 1.11 bits per heavy atom. The highest BCUT2D eigenvalue weighted by atomic mass is 28.4. The van der Waals surface area contributed by atoms with E-state index in [9.17, 15) is 0 Å². The minimum absolute atomic E-state index is 1.45. The Bertz CT molecular complexity index is 143. The highest BCUT2D eigenvalue weighted by Crippen LogP contribution is 1.98. The zero-order valence-corrected chi connectivity index (χ0v) is 6.47. The van der Waals surface area contributed by atoms with E-state index in [2.05, 4.69) is 11.1 Å². The minimum atomic E-state index is -2.64. The topological polar surface area (TPSA) is 18.5 Å². The Balaban J connectivity index is 4.28. The monoisotopic (exact) mass is 140 g/mol. The predicted molar refractivity (Wildman–Crippen MR) is 37.4 cm³/mol. The fourth-order valence-electron chi connectivity index (χ4n) is 0.361. The van der Waals surface area contributed by atoms with Crippen molar-refractivity contribution >= 4 is 8.56 Å². The van der Waals surface area contributed by atoms with E-state index in [1.807, 2.05) is 0 Å². The van der Waals surface area contributed by atoms with Crippen molar-refractivity contribution in [3.63, 3.8) is 0 Å². The third-order valence-electron chi connectivity index (χ3n) is 0.955. The van der Waals surface area contributed by atoms with Crippen LogP contribution in [0.5, 0.6) is 0 Å². The Hall–Kier alpha value is -0.743. The highest BCUT2D eigenvalue weighted by molar-refractivity contribution is 6.83. The average molecular weight is 140 g/mol. The van der Waals surface area contributed by atoms with Crippen LogP contribution < -0.4 is 0 Å². The molecule has 0 N–H and O–H groups in total. The molecule has 0 rings (SSSR count). The first kappa shape index (κ1) is 8.26. The van der Waals surface area contributed by atoms with Gasteiger partial charge in [0, 0.05) is 14.2 Å². The number of terminal acetylenes is 2. The largest absolute Gasteiger partial charge is 0.509 e. The van der Waals surface area contributed by atoms with E-state index in [-0.39, 0.29) is 0 Å². The first-order chi connectivity index (χ1) is 4.24. The van der Waals surface area contributed by atoms with E-state index < -0.39 is 8.56 Å². The van der Waals surface area contributed by atoms with E-state index in [0.717, 1.165) is 0 Å². The molecule has 0 unspecified atom stereocenters. The summed E-state index contributed by atoms with van der Waals surface area (Å²) in [7, 11) is 0.272. The van der Waals surface area contributed by atoms with E-state index >= 15 is 0 Å². The van der Waals surface area contributed by atoms with Crippen LogP contribution in [0.25, 0.3) is 0 Å². The maximum atomic E-state index is 5.06. The summed E-state index contributed by atoms with van der Waals surface area (Å²) in [5, 5.41) is 0. The van der Waals surface area contributed by atoms with Gasteiger partial charge in [0.25, 0.3) is 0 Å². The van der Waals surface area contributed by atoms with Gasteiger partial charge in [0.2, 0.25) is 0 Å². The summed E-state index contributed by atoms with van der Waals surface area (Å²) < 4.78 is 9.66. The smallest absolute Gasteiger partial charge is 0.379 e. The standard InChI is InChI=1S/C6H8O2Si/c1-5-9(6-2,7-3)8-4/h1-2H,3-4H3. The molecule has 0 spiro atoms. The van der Waals surface area contributed by atoms with Crippen LogP contribution >= 0.6 is 0 Å². The second-order valence-corrected chi connectivity index (χ2v) is 3.94. The fraction of sp³-hybridized carbons (Fsp3) is 0.333. The van der Waals surface area contributed by atoms with Gasteiger partial charge >= 0.3 is 8.56 Å². The molecule has 9 heavy (non-hydrogen) atoms. The van der Waals surface area contributed by atoms with Gasteiger partial charge in [-0.15, -0.1) is 12.8 Å². The van der Waals surface area contributed by atoms with Crippen molar-refractivity contribution in [2.45, 2.75) is 0 Å². The van der Waals surface area contributed by atoms with E-state index in [0.29, 0.717) is 0 Å². The first-order valence-corrected chi connectivity index (χ1v) is 4.12. The second-order valence-electron chi connectivity index (χ2n) is 1.31. The summed E-state index contributed by atoms with van der Waals surface area (Å²) in [4.78, 5) is 0. The van der Waals surface area contributed by atoms with Crippen LogP contribution in [0.4, 0.5) is 0 Å². The molecule has 0 bridgehead atoms. The lowest BCUT2D eigenvalue weighted by molar-refractivity contribution is 0.275. The third kappa shape index (κ3) is 1.58. The van der Waals surface area contributed by atoms with E-state index in [1.54, 1.807) is 0 Å². The molecule has 0 radical (unpaired) electrons. The molecule has 0 heterocycles. The Labute approximate surface area is 56.4 Å². The van der Waals surface area contributed by atoms with Crippen LogP contribution in [-0.2, 0) is 8.85 Å². The van der Waals surface area contributed by atoms with Crippen molar-refractivity contribution in [3.8, 4) is 23.9 Å². The molecule has 0 aliphatic rings. The van der Waals surface area contributed by atoms with Crippen molar-refractivity contribution in [1.82, 2.24) is 0 Å². The van der Waals surface area contributed by atoms with Crippen molar-refractivity contribution in [3.05, 3.63) is 0 Å². The zero-order chi connectivity index (χ0) is 7.33. The molecule has 0 amide bonds. The maximum absolute atomic E-state index is 5.06. The summed E-state index contributed by atoms with van der Waals surface area (Å²) >= 11 is 0. The van der Waals surface area contributed by atoms with Crippen molar-refractivity contribution in [2.75, 3.05) is 14.2 Å². The molecule has 0 aromatic heterocycles. The van der Waals surface area contributed by atoms with E-state index in [1.165, 1.54) is 14.2 Å². The molecule has 3 heteroatoms. The minimum Gasteiger partial charge on any atom is -0.379 e. The van der Waals surface area contributed by atoms with Gasteiger partial charge in [0.05, 0.1) is 0 Å². The number of hydrogen-bond donors (Lipinski definition) is 0. The molecule has 0 aromatic carbocycles. The fourth-order valence-corrected chi connectivity index (χ4v) is 1.08. The van der Waals surface area contributed by atoms with Crippen LogP contribution in [0.2, 0.25) is 0 Å². The molecular formula is C6H8O2Si. The lowest BCUT2D eigenvalue weighted by atomic mass is 11.4. The molecule has 0 atom stereocenters. The lowest BCUT2D eigenvalue weighted by Gasteiger charge is -2.12. The van der Waals surface area contributed by atoms with Gasteiger partial charge in [0.15, 0.2) is 0 Å². The maximum Gasteiger partial charge on any atom is 0.509 e. The van der Waals surface area contributed by atoms with Gasteiger partial charge in [-0.25, -0.2) is 0 Å². The summed E-state index contributed by atoms with van der Waals surface area (Å²) in [5.74, 6) is 0. The van der Waals surface area contributed by atoms with Crippen LogP contribution in [0, 0.1) is 23.9 Å². The summed E-state index contributed by atoms with van der Waals surface area (Å²) in [6.07, 6.45) is 10.1. The molecule has 0 aromatic rings. The molecule has 0 aliphatic heterocycles. The summed E-state index contributed by atoms with van der Waals surface area (Å²) in [6.45, 7) is 0. The molecule has 0 fully saturated rings. The van der Waals surface area contributed by atoms with Gasteiger partial charge < -0.3 is 8.85 Å². The van der Waals surface area contributed by atoms with Crippen molar-refractivity contribution < 1.29 is 8.85 Å². The molecule has 0 saturated heterocycles. The Morgan fingerprint density at radius 2 is 1.44 bits per heavy atom. The van der Waals surface area contributed by atoms with Gasteiger partial charge in [-0.3, -0.25) is 0 Å². The van der Waals surface area contributed by atoms with Gasteiger partial charge in [-0.1, -0.05) is 11.1 Å². The molecule has 48 valence electrons. The predicted octanol–water partition coefficient (Wildman–Crippen LogP) is 0.0662. The molecule has 2 nitrogen and oxygen atoms in total. The third-order valence-corrected chi connectivity index (χ3v) is 2.86. The second kappa shape index (κ2) is 3.32. The van der Waals surface area contributed by atoms with Gasteiger partial charge in [-0.2, -0.15) is 0 Å². The van der Waals surface area contributed by atoms with Gasteiger partial charge in [0.1, 0.15) is 0 Å². The average Bonchev–Trinajstić information content (AvgIpc) is 1.95. The van der Waals surface area contributed by atoms with Crippen LogP contribution in [0.1, 0.15) is 0 Å². The molecular weight excluding hydrogens is 132 g/mol. The van der Waals surface area contributed by atoms with Crippen LogP contribution in [0.15, 0.2) is 0 Å². The highest BCUT2D eigenvalue weighted by Gasteiger charge is 2.30. The first-order valence-electron chi connectivity index (χ1n) is 2.30. The normalized spacial score (nSPS) is 9.78. The zero-order valence-electron chi connectivity index (χ0n) is 5.47. The van der Waals surface area contributed by atoms with Crippen molar-refractivity contribution in [2.24, 2.45) is 0 Å².